The first-order valence-corrected chi connectivity index (χ1v) is 12.6. The molecule has 2 amide bonds. The zero-order valence-electron chi connectivity index (χ0n) is 20.5. The Kier molecular flexibility index (Phi) is 5.90. The van der Waals surface area contributed by atoms with E-state index in [4.69, 9.17) is 4.74 Å². The third-order valence-corrected chi connectivity index (χ3v) is 7.74. The summed E-state index contributed by atoms with van der Waals surface area (Å²) >= 11 is 0. The van der Waals surface area contributed by atoms with Crippen LogP contribution in [-0.2, 0) is 21.4 Å². The van der Waals surface area contributed by atoms with Gasteiger partial charge >= 0.3 is 6.18 Å². The minimum Gasteiger partial charge on any atom is -0.368 e. The second-order valence-electron chi connectivity index (χ2n) is 9.75. The lowest BCUT2D eigenvalue weighted by Crippen LogP contribution is -2.59. The molecule has 38 heavy (non-hydrogen) atoms. The molecule has 2 atom stereocenters. The highest BCUT2D eigenvalue weighted by Crippen LogP contribution is 2.51. The van der Waals surface area contributed by atoms with Crippen molar-refractivity contribution in [3.05, 3.63) is 101 Å². The van der Waals surface area contributed by atoms with Gasteiger partial charge in [0.1, 0.15) is 5.92 Å². The van der Waals surface area contributed by atoms with Gasteiger partial charge in [-0.05, 0) is 29.8 Å². The number of rotatable bonds is 3. The van der Waals surface area contributed by atoms with Crippen LogP contribution in [0.5, 0.6) is 0 Å². The molecule has 6 nitrogen and oxygen atoms in total. The Labute approximate surface area is 218 Å². The Hall–Kier alpha value is -3.85. The quantitative estimate of drug-likeness (QED) is 0.510. The van der Waals surface area contributed by atoms with Gasteiger partial charge in [0.15, 0.2) is 5.72 Å². The lowest BCUT2D eigenvalue weighted by Gasteiger charge is -2.48. The van der Waals surface area contributed by atoms with E-state index < -0.39 is 23.4 Å². The van der Waals surface area contributed by atoms with Gasteiger partial charge < -0.3 is 19.4 Å². The maximum Gasteiger partial charge on any atom is 0.416 e. The van der Waals surface area contributed by atoms with E-state index in [0.29, 0.717) is 56.1 Å². The van der Waals surface area contributed by atoms with Crippen molar-refractivity contribution in [3.8, 4) is 0 Å². The number of piperazine rings is 1. The summed E-state index contributed by atoms with van der Waals surface area (Å²) in [6.07, 6.45) is -4.42. The summed E-state index contributed by atoms with van der Waals surface area (Å²) < 4.78 is 46.0. The van der Waals surface area contributed by atoms with E-state index in [1.54, 1.807) is 28.0 Å². The Bertz CT molecular complexity index is 1370. The molecule has 0 aromatic heterocycles. The number of carbonyl (C=O) groups is 2. The molecule has 0 N–H and O–H groups in total. The van der Waals surface area contributed by atoms with Crippen LogP contribution in [0.25, 0.3) is 0 Å². The molecule has 3 aliphatic rings. The fourth-order valence-corrected chi connectivity index (χ4v) is 5.96. The fourth-order valence-electron chi connectivity index (χ4n) is 5.96. The number of nitrogens with zero attached hydrogens (tertiary/aromatic N) is 3. The van der Waals surface area contributed by atoms with Gasteiger partial charge in [0.2, 0.25) is 5.91 Å². The Morgan fingerprint density at radius 2 is 1.58 bits per heavy atom. The van der Waals surface area contributed by atoms with Gasteiger partial charge in [0.25, 0.3) is 5.91 Å². The molecule has 0 spiro atoms. The molecule has 3 aromatic carbocycles. The van der Waals surface area contributed by atoms with Crippen molar-refractivity contribution in [3.63, 3.8) is 0 Å². The highest BCUT2D eigenvalue weighted by molar-refractivity contribution is 6.02. The topological polar surface area (TPSA) is 53.1 Å². The smallest absolute Gasteiger partial charge is 0.368 e. The molecule has 0 bridgehead atoms. The highest BCUT2D eigenvalue weighted by Gasteiger charge is 2.60. The van der Waals surface area contributed by atoms with Crippen molar-refractivity contribution in [2.45, 2.75) is 17.8 Å². The van der Waals surface area contributed by atoms with Crippen LogP contribution in [0, 0.1) is 0 Å². The third-order valence-electron chi connectivity index (χ3n) is 7.74. The number of amides is 2. The van der Waals surface area contributed by atoms with Crippen molar-refractivity contribution in [2.24, 2.45) is 0 Å². The average molecular weight is 522 g/mol. The number of alkyl halides is 3. The van der Waals surface area contributed by atoms with E-state index in [1.165, 1.54) is 6.07 Å². The molecule has 3 aromatic rings. The zero-order chi connectivity index (χ0) is 26.5. The van der Waals surface area contributed by atoms with Crippen LogP contribution in [0.2, 0.25) is 0 Å². The molecule has 0 unspecified atom stereocenters. The molecular formula is C29H26F3N3O3. The van der Waals surface area contributed by atoms with Gasteiger partial charge in [-0.1, -0.05) is 54.6 Å². The Morgan fingerprint density at radius 3 is 2.32 bits per heavy atom. The first-order valence-electron chi connectivity index (χ1n) is 12.6. The number of hydrogen-bond donors (Lipinski definition) is 0. The number of carbonyl (C=O) groups excluding carboxylic acids is 2. The van der Waals surface area contributed by atoms with Gasteiger partial charge in [-0.15, -0.1) is 0 Å². The summed E-state index contributed by atoms with van der Waals surface area (Å²) in [7, 11) is 0. The molecule has 196 valence electrons. The largest absolute Gasteiger partial charge is 0.416 e. The van der Waals surface area contributed by atoms with Crippen molar-refractivity contribution in [1.29, 1.82) is 0 Å². The van der Waals surface area contributed by atoms with Gasteiger partial charge in [-0.25, -0.2) is 0 Å². The van der Waals surface area contributed by atoms with Crippen LogP contribution in [-0.4, -0.2) is 60.9 Å². The highest BCUT2D eigenvalue weighted by atomic mass is 19.4. The predicted octanol–water partition coefficient (Wildman–Crippen LogP) is 4.48. The van der Waals surface area contributed by atoms with Crippen molar-refractivity contribution in [2.75, 3.05) is 44.2 Å². The first kappa shape index (κ1) is 24.5. The summed E-state index contributed by atoms with van der Waals surface area (Å²) in [5, 5.41) is 0. The van der Waals surface area contributed by atoms with E-state index in [1.807, 2.05) is 47.4 Å². The maximum absolute atomic E-state index is 14.3. The number of fused-ring (bicyclic) bond motifs is 2. The second-order valence-corrected chi connectivity index (χ2v) is 9.75. The monoisotopic (exact) mass is 521 g/mol. The molecule has 3 aliphatic heterocycles. The van der Waals surface area contributed by atoms with Crippen LogP contribution < -0.4 is 4.90 Å². The minimum atomic E-state index is -4.42. The molecule has 0 radical (unpaired) electrons. The molecule has 0 saturated carbocycles. The molecular weight excluding hydrogens is 495 g/mol. The Morgan fingerprint density at radius 1 is 0.868 bits per heavy atom. The van der Waals surface area contributed by atoms with Gasteiger partial charge in [-0.2, -0.15) is 13.2 Å². The summed E-state index contributed by atoms with van der Waals surface area (Å²) in [5.41, 5.74) is 0.380. The van der Waals surface area contributed by atoms with Crippen LogP contribution in [0.15, 0.2) is 78.9 Å². The van der Waals surface area contributed by atoms with Crippen LogP contribution in [0.1, 0.15) is 33.0 Å². The SMILES string of the molecule is O=C([C@@H]1c2ccccc2C(=O)N2CCO[C@]12c1ccccc1)N1CCN(c2cccc(C(F)(F)F)c2)CC1. The van der Waals surface area contributed by atoms with E-state index in [0.717, 1.165) is 17.7 Å². The fraction of sp³-hybridized carbons (Fsp3) is 0.310. The summed E-state index contributed by atoms with van der Waals surface area (Å²) in [5.74, 6) is -1.11. The van der Waals surface area contributed by atoms with Gasteiger partial charge in [0, 0.05) is 49.5 Å². The maximum atomic E-state index is 14.3. The molecule has 2 fully saturated rings. The number of ether oxygens (including phenoxy) is 1. The standard InChI is InChI=1S/C29H26F3N3O3/c30-29(31,32)21-9-6-10-22(19-21)33-13-15-34(16-14-33)27(37)25-23-11-4-5-12-24(23)26(36)35-17-18-38-28(25,35)20-7-2-1-3-8-20/h1-12,19,25H,13-18H2/t25-,28+/m0/s1. The molecule has 3 heterocycles. The van der Waals surface area contributed by atoms with E-state index in [2.05, 4.69) is 0 Å². The van der Waals surface area contributed by atoms with E-state index in [9.17, 15) is 22.8 Å². The number of anilines is 1. The van der Waals surface area contributed by atoms with Crippen LogP contribution in [0.3, 0.4) is 0 Å². The Balaban J connectivity index is 1.33. The van der Waals surface area contributed by atoms with Crippen LogP contribution >= 0.6 is 0 Å². The molecule has 0 aliphatic carbocycles. The van der Waals surface area contributed by atoms with Crippen molar-refractivity contribution >= 4 is 17.5 Å². The lowest BCUT2D eigenvalue weighted by molar-refractivity contribution is -0.152. The third kappa shape index (κ3) is 3.84. The van der Waals surface area contributed by atoms with Crippen molar-refractivity contribution in [1.82, 2.24) is 9.80 Å². The number of benzene rings is 3. The molecule has 2 saturated heterocycles. The number of hydrogen-bond acceptors (Lipinski definition) is 4. The van der Waals surface area contributed by atoms with E-state index in [-0.39, 0.29) is 11.8 Å². The first-order chi connectivity index (χ1) is 18.3. The zero-order valence-corrected chi connectivity index (χ0v) is 20.5. The van der Waals surface area contributed by atoms with Crippen LogP contribution in [0.4, 0.5) is 18.9 Å². The average Bonchev–Trinajstić information content (AvgIpc) is 3.40. The summed E-state index contributed by atoms with van der Waals surface area (Å²) in [6, 6.07) is 21.8. The normalized spacial score (nSPS) is 23.3. The minimum absolute atomic E-state index is 0.163. The lowest BCUT2D eigenvalue weighted by atomic mass is 9.76. The summed E-state index contributed by atoms with van der Waals surface area (Å²) in [4.78, 5) is 33.1. The summed E-state index contributed by atoms with van der Waals surface area (Å²) in [6.45, 7) is 2.14. The number of halogens is 3. The molecule has 6 rings (SSSR count). The molecule has 9 heteroatoms. The van der Waals surface area contributed by atoms with E-state index >= 15 is 0 Å². The van der Waals surface area contributed by atoms with Gasteiger partial charge in [0.05, 0.1) is 12.2 Å². The van der Waals surface area contributed by atoms with Gasteiger partial charge in [-0.3, -0.25) is 9.59 Å². The second kappa shape index (κ2) is 9.16. The van der Waals surface area contributed by atoms with Crippen molar-refractivity contribution < 1.29 is 27.5 Å². The predicted molar refractivity (Wildman–Crippen MR) is 135 cm³/mol.